The van der Waals surface area contributed by atoms with E-state index in [4.69, 9.17) is 10.5 Å². The van der Waals surface area contributed by atoms with Gasteiger partial charge in [-0.3, -0.25) is 14.5 Å². The monoisotopic (exact) mass is 585 g/mol. The summed E-state index contributed by atoms with van der Waals surface area (Å²) < 4.78 is 58.6. The van der Waals surface area contributed by atoms with E-state index in [0.717, 1.165) is 19.2 Å². The van der Waals surface area contributed by atoms with Gasteiger partial charge in [-0.15, -0.1) is 0 Å². The Morgan fingerprint density at radius 2 is 1.69 bits per heavy atom. The topological polar surface area (TPSA) is 109 Å². The number of rotatable bonds is 10. The minimum absolute atomic E-state index is 0.347. The predicted molar refractivity (Wildman–Crippen MR) is 153 cm³/mol. The molecule has 0 radical (unpaired) electrons. The van der Waals surface area contributed by atoms with Crippen molar-refractivity contribution in [1.82, 2.24) is 10.2 Å². The first-order valence-electron chi connectivity index (χ1n) is 13.2. The van der Waals surface area contributed by atoms with Crippen LogP contribution < -0.4 is 21.7 Å². The van der Waals surface area contributed by atoms with Gasteiger partial charge in [0.05, 0.1) is 35.8 Å². The third-order valence-electron chi connectivity index (χ3n) is 6.61. The van der Waals surface area contributed by atoms with Crippen molar-refractivity contribution in [3.05, 3.63) is 95.3 Å². The van der Waals surface area contributed by atoms with E-state index in [0.29, 0.717) is 60.9 Å². The smallest absolute Gasteiger partial charge is 0.397 e. The summed E-state index contributed by atoms with van der Waals surface area (Å²) in [6.07, 6.45) is -1.77. The van der Waals surface area contributed by atoms with Gasteiger partial charge in [0.1, 0.15) is 11.9 Å². The van der Waals surface area contributed by atoms with Crippen LogP contribution in [0.1, 0.15) is 22.7 Å². The number of alkyl halides is 3. The van der Waals surface area contributed by atoms with Gasteiger partial charge in [-0.1, -0.05) is 36.4 Å². The summed E-state index contributed by atoms with van der Waals surface area (Å²) in [4.78, 5) is 27.7. The molecule has 1 fully saturated rings. The van der Waals surface area contributed by atoms with E-state index in [1.54, 1.807) is 54.6 Å². The van der Waals surface area contributed by atoms with E-state index in [9.17, 15) is 27.2 Å². The maximum absolute atomic E-state index is 14.5. The molecule has 8 nitrogen and oxygen atoms in total. The van der Waals surface area contributed by atoms with Crippen LogP contribution in [0.3, 0.4) is 0 Å². The van der Waals surface area contributed by atoms with Crippen LogP contribution in [0.25, 0.3) is 6.08 Å². The van der Waals surface area contributed by atoms with Crippen molar-refractivity contribution in [2.75, 3.05) is 55.8 Å². The molecule has 0 bridgehead atoms. The zero-order valence-electron chi connectivity index (χ0n) is 22.6. The van der Waals surface area contributed by atoms with Crippen molar-refractivity contribution in [1.29, 1.82) is 0 Å². The minimum Gasteiger partial charge on any atom is -0.397 e. The second-order valence-corrected chi connectivity index (χ2v) is 9.60. The molecule has 42 heavy (non-hydrogen) atoms. The largest absolute Gasteiger partial charge is 0.416 e. The number of ether oxygens (including phenoxy) is 1. The van der Waals surface area contributed by atoms with Crippen molar-refractivity contribution in [2.45, 2.75) is 12.2 Å². The Labute approximate surface area is 240 Å². The van der Waals surface area contributed by atoms with Crippen molar-refractivity contribution in [2.24, 2.45) is 0 Å². The van der Waals surface area contributed by atoms with Crippen LogP contribution >= 0.6 is 0 Å². The van der Waals surface area contributed by atoms with Crippen LogP contribution in [0.4, 0.5) is 34.6 Å². The van der Waals surface area contributed by atoms with Gasteiger partial charge in [0.25, 0.3) is 0 Å². The molecule has 222 valence electrons. The highest BCUT2D eigenvalue weighted by molar-refractivity contribution is 6.03. The van der Waals surface area contributed by atoms with Crippen LogP contribution in [-0.4, -0.2) is 56.1 Å². The molecular formula is C30H31F4N5O3. The molecule has 4 rings (SSSR count). The van der Waals surface area contributed by atoms with Gasteiger partial charge >= 0.3 is 6.18 Å². The Morgan fingerprint density at radius 3 is 2.36 bits per heavy atom. The van der Waals surface area contributed by atoms with Gasteiger partial charge in [-0.25, -0.2) is 4.39 Å². The minimum atomic E-state index is -4.71. The number of nitrogens with two attached hydrogens (primary N) is 1. The van der Waals surface area contributed by atoms with Crippen molar-refractivity contribution in [3.8, 4) is 0 Å². The molecule has 0 spiro atoms. The van der Waals surface area contributed by atoms with E-state index < -0.39 is 29.5 Å². The Kier molecular flexibility index (Phi) is 10.3. The first-order valence-corrected chi connectivity index (χ1v) is 13.2. The molecule has 0 saturated carbocycles. The number of carbonyl (C=O) groups excluding carboxylic acids is 2. The number of halogens is 4. The van der Waals surface area contributed by atoms with Crippen molar-refractivity contribution >= 4 is 35.0 Å². The molecule has 0 aliphatic carbocycles. The average molecular weight is 586 g/mol. The standard InChI is InChI=1S/C30H31F4N5O3/c31-23-19-22(30(32,33)34)10-11-25(23)38-29(41)28(36-13-14-39-15-17-42-18-16-39)21-8-5-20(6-9-21)7-12-27(40)37-26-4-2-1-3-24(26)35/h1-12,19,28,36H,13-18,35H2,(H,37,40)(H,38,41)/b12-7+. The molecule has 1 atom stereocenters. The molecule has 1 heterocycles. The molecule has 3 aromatic carbocycles. The Bertz CT molecular complexity index is 1410. The van der Waals surface area contributed by atoms with Crippen LogP contribution in [0.15, 0.2) is 72.8 Å². The number of carbonyl (C=O) groups is 2. The molecule has 1 unspecified atom stereocenters. The van der Waals surface area contributed by atoms with E-state index >= 15 is 0 Å². The van der Waals surface area contributed by atoms with Gasteiger partial charge in [-0.05, 0) is 47.5 Å². The van der Waals surface area contributed by atoms with E-state index in [-0.39, 0.29) is 11.6 Å². The number of amides is 2. The second-order valence-electron chi connectivity index (χ2n) is 9.60. The third-order valence-corrected chi connectivity index (χ3v) is 6.61. The summed E-state index contributed by atoms with van der Waals surface area (Å²) in [6.45, 7) is 3.77. The summed E-state index contributed by atoms with van der Waals surface area (Å²) in [7, 11) is 0. The van der Waals surface area contributed by atoms with Crippen LogP contribution in [-0.2, 0) is 20.5 Å². The van der Waals surface area contributed by atoms with Gasteiger partial charge in [0.15, 0.2) is 0 Å². The van der Waals surface area contributed by atoms with Crippen LogP contribution in [0.2, 0.25) is 0 Å². The maximum Gasteiger partial charge on any atom is 0.416 e. The summed E-state index contributed by atoms with van der Waals surface area (Å²) in [5.41, 5.74) is 6.48. The van der Waals surface area contributed by atoms with Crippen molar-refractivity contribution < 1.29 is 31.9 Å². The second kappa shape index (κ2) is 14.1. The maximum atomic E-state index is 14.5. The number of nitrogens with zero attached hydrogens (tertiary/aromatic N) is 1. The lowest BCUT2D eigenvalue weighted by Crippen LogP contribution is -2.42. The first kappa shape index (κ1) is 30.7. The number of benzene rings is 3. The van der Waals surface area contributed by atoms with Gasteiger partial charge in [0, 0.05) is 32.3 Å². The van der Waals surface area contributed by atoms with Gasteiger partial charge in [0.2, 0.25) is 11.8 Å². The Balaban J connectivity index is 1.46. The molecular weight excluding hydrogens is 554 g/mol. The number of para-hydroxylation sites is 2. The number of hydrogen-bond donors (Lipinski definition) is 4. The molecule has 12 heteroatoms. The van der Waals surface area contributed by atoms with E-state index in [1.165, 1.54) is 6.08 Å². The normalized spacial score (nSPS) is 15.0. The fraction of sp³-hybridized carbons (Fsp3) is 0.267. The van der Waals surface area contributed by atoms with E-state index in [2.05, 4.69) is 20.9 Å². The average Bonchev–Trinajstić information content (AvgIpc) is 2.97. The first-order chi connectivity index (χ1) is 20.1. The Hall–Kier alpha value is -4.26. The highest BCUT2D eigenvalue weighted by Crippen LogP contribution is 2.31. The lowest BCUT2D eigenvalue weighted by atomic mass is 10.0. The summed E-state index contributed by atoms with van der Waals surface area (Å²) in [6, 6.07) is 14.7. The number of morpholine rings is 1. The lowest BCUT2D eigenvalue weighted by molar-refractivity contribution is -0.137. The summed E-state index contributed by atoms with van der Waals surface area (Å²) in [5, 5.41) is 8.27. The quantitative estimate of drug-likeness (QED) is 0.156. The molecule has 1 aliphatic heterocycles. The van der Waals surface area contributed by atoms with Crippen LogP contribution in [0.5, 0.6) is 0 Å². The summed E-state index contributed by atoms with van der Waals surface area (Å²) >= 11 is 0. The SMILES string of the molecule is Nc1ccccc1NC(=O)/C=C/c1ccc(C(NCCN2CCOCC2)C(=O)Nc2ccc(C(F)(F)F)cc2F)cc1. The molecule has 1 saturated heterocycles. The highest BCUT2D eigenvalue weighted by Gasteiger charge is 2.31. The summed E-state index contributed by atoms with van der Waals surface area (Å²) in [5.74, 6) is -2.21. The number of nitrogen functional groups attached to an aromatic ring is 1. The van der Waals surface area contributed by atoms with Gasteiger partial charge in [-0.2, -0.15) is 13.2 Å². The molecule has 5 N–H and O–H groups in total. The van der Waals surface area contributed by atoms with Gasteiger partial charge < -0.3 is 26.4 Å². The van der Waals surface area contributed by atoms with E-state index in [1.807, 2.05) is 0 Å². The molecule has 0 aromatic heterocycles. The highest BCUT2D eigenvalue weighted by atomic mass is 19.4. The third kappa shape index (κ3) is 8.62. The van der Waals surface area contributed by atoms with Crippen LogP contribution in [0, 0.1) is 5.82 Å². The number of nitrogens with one attached hydrogen (secondary N) is 3. The lowest BCUT2D eigenvalue weighted by Gasteiger charge is -2.27. The Morgan fingerprint density at radius 1 is 0.976 bits per heavy atom. The molecule has 1 aliphatic rings. The predicted octanol–water partition coefficient (Wildman–Crippen LogP) is 4.68. The number of hydrogen-bond acceptors (Lipinski definition) is 6. The molecule has 3 aromatic rings. The zero-order chi connectivity index (χ0) is 30.1. The fourth-order valence-corrected chi connectivity index (χ4v) is 4.31. The zero-order valence-corrected chi connectivity index (χ0v) is 22.6. The molecule has 2 amide bonds. The van der Waals surface area contributed by atoms with Crippen molar-refractivity contribution in [3.63, 3.8) is 0 Å². The fourth-order valence-electron chi connectivity index (χ4n) is 4.31. The number of anilines is 3.